The van der Waals surface area contributed by atoms with Crippen LogP contribution in [0.25, 0.3) is 0 Å². The highest BCUT2D eigenvalue weighted by atomic mass is 16.2. The highest BCUT2D eigenvalue weighted by molar-refractivity contribution is 5.94. The van der Waals surface area contributed by atoms with Crippen molar-refractivity contribution in [1.29, 1.82) is 5.26 Å². The Balaban J connectivity index is 1.48. The first-order chi connectivity index (χ1) is 12.1. The minimum atomic E-state index is 0.0403. The fraction of sp³-hybridized carbons (Fsp3) is 0.600. The summed E-state index contributed by atoms with van der Waals surface area (Å²) in [6.45, 7) is 10.3. The van der Waals surface area contributed by atoms with Gasteiger partial charge < -0.3 is 4.90 Å². The second-order valence-electron chi connectivity index (χ2n) is 7.34. The van der Waals surface area contributed by atoms with Crippen LogP contribution in [0.2, 0.25) is 0 Å². The first kappa shape index (κ1) is 17.9. The highest BCUT2D eigenvalue weighted by Crippen LogP contribution is 2.23. The minimum absolute atomic E-state index is 0.0403. The quantitative estimate of drug-likeness (QED) is 0.843. The molecule has 2 saturated heterocycles. The molecule has 2 aliphatic heterocycles. The van der Waals surface area contributed by atoms with Gasteiger partial charge in [-0.1, -0.05) is 6.07 Å². The summed E-state index contributed by atoms with van der Waals surface area (Å²) in [4.78, 5) is 19.6. The number of hydrogen-bond donors (Lipinski definition) is 0. The van der Waals surface area contributed by atoms with Crippen LogP contribution in [0.15, 0.2) is 24.3 Å². The summed E-state index contributed by atoms with van der Waals surface area (Å²) in [6, 6.07) is 10.5. The average molecular weight is 340 g/mol. The highest BCUT2D eigenvalue weighted by Gasteiger charge is 2.28. The maximum Gasteiger partial charge on any atom is 0.253 e. The van der Waals surface area contributed by atoms with Crippen LogP contribution >= 0.6 is 0 Å². The molecule has 1 amide bonds. The lowest BCUT2D eigenvalue weighted by atomic mass is 10.1. The maximum atomic E-state index is 12.6. The molecule has 3 rings (SSSR count). The van der Waals surface area contributed by atoms with Crippen molar-refractivity contribution in [3.8, 4) is 6.07 Å². The van der Waals surface area contributed by atoms with Gasteiger partial charge in [-0.05, 0) is 44.9 Å². The van der Waals surface area contributed by atoms with E-state index in [1.54, 1.807) is 24.3 Å². The lowest BCUT2D eigenvalue weighted by Gasteiger charge is -2.36. The summed E-state index contributed by atoms with van der Waals surface area (Å²) >= 11 is 0. The van der Waals surface area contributed by atoms with Crippen LogP contribution in [0.1, 0.15) is 42.6 Å². The molecule has 0 radical (unpaired) electrons. The van der Waals surface area contributed by atoms with E-state index in [4.69, 9.17) is 5.26 Å². The number of rotatable bonds is 4. The van der Waals surface area contributed by atoms with E-state index < -0.39 is 0 Å². The number of likely N-dealkylation sites (tertiary alicyclic amines) is 1. The molecule has 2 unspecified atom stereocenters. The normalized spacial score (nSPS) is 25.1. The van der Waals surface area contributed by atoms with E-state index >= 15 is 0 Å². The molecule has 25 heavy (non-hydrogen) atoms. The van der Waals surface area contributed by atoms with Crippen molar-refractivity contribution < 1.29 is 4.79 Å². The van der Waals surface area contributed by atoms with Crippen LogP contribution in [-0.2, 0) is 0 Å². The van der Waals surface area contributed by atoms with E-state index in [0.29, 0.717) is 23.2 Å². The third-order valence-corrected chi connectivity index (χ3v) is 5.71. The van der Waals surface area contributed by atoms with Crippen LogP contribution in [0.4, 0.5) is 0 Å². The van der Waals surface area contributed by atoms with Gasteiger partial charge in [0.15, 0.2) is 0 Å². The Morgan fingerprint density at radius 1 is 1.12 bits per heavy atom. The van der Waals surface area contributed by atoms with Crippen molar-refractivity contribution in [3.05, 3.63) is 35.4 Å². The predicted molar refractivity (Wildman–Crippen MR) is 98.4 cm³/mol. The van der Waals surface area contributed by atoms with Gasteiger partial charge in [0.25, 0.3) is 5.91 Å². The van der Waals surface area contributed by atoms with E-state index in [9.17, 15) is 4.79 Å². The third kappa shape index (κ3) is 4.20. The van der Waals surface area contributed by atoms with Crippen molar-refractivity contribution in [2.75, 3.05) is 39.3 Å². The Morgan fingerprint density at radius 2 is 1.80 bits per heavy atom. The Labute approximate surface area is 150 Å². The summed E-state index contributed by atoms with van der Waals surface area (Å²) in [7, 11) is 0. The smallest absolute Gasteiger partial charge is 0.253 e. The standard InChI is InChI=1S/C20H28N4O/c1-16-6-7-17(2)24(16)13-10-22-8-11-23(12-9-22)20(25)19-5-3-4-18(14-19)15-21/h3-5,14,16-17H,6-13H2,1-2H3. The molecular formula is C20H28N4O. The van der Waals surface area contributed by atoms with Crippen LogP contribution in [0, 0.1) is 11.3 Å². The van der Waals surface area contributed by atoms with Gasteiger partial charge in [-0.3, -0.25) is 14.6 Å². The Kier molecular flexibility index (Phi) is 5.72. The van der Waals surface area contributed by atoms with E-state index in [2.05, 4.69) is 29.7 Å². The van der Waals surface area contributed by atoms with E-state index in [0.717, 1.165) is 39.3 Å². The molecule has 2 atom stereocenters. The number of carbonyl (C=O) groups excluding carboxylic acids is 1. The fourth-order valence-electron chi connectivity index (χ4n) is 4.03. The van der Waals surface area contributed by atoms with Crippen molar-refractivity contribution in [2.45, 2.75) is 38.8 Å². The molecule has 1 aromatic carbocycles. The first-order valence-corrected chi connectivity index (χ1v) is 9.36. The molecule has 0 N–H and O–H groups in total. The molecule has 5 nitrogen and oxygen atoms in total. The van der Waals surface area contributed by atoms with Crippen LogP contribution in [0.3, 0.4) is 0 Å². The van der Waals surface area contributed by atoms with Crippen LogP contribution in [-0.4, -0.2) is 72.0 Å². The number of amides is 1. The molecule has 134 valence electrons. The van der Waals surface area contributed by atoms with Gasteiger partial charge in [0.05, 0.1) is 11.6 Å². The first-order valence-electron chi connectivity index (χ1n) is 9.36. The summed E-state index contributed by atoms with van der Waals surface area (Å²) in [6.07, 6.45) is 2.62. The molecule has 2 fully saturated rings. The molecule has 2 heterocycles. The van der Waals surface area contributed by atoms with Crippen LogP contribution < -0.4 is 0 Å². The summed E-state index contributed by atoms with van der Waals surface area (Å²) < 4.78 is 0. The molecule has 2 aliphatic rings. The third-order valence-electron chi connectivity index (χ3n) is 5.71. The second kappa shape index (κ2) is 7.99. The SMILES string of the molecule is CC1CCC(C)N1CCN1CCN(C(=O)c2cccc(C#N)c2)CC1. The van der Waals surface area contributed by atoms with Crippen LogP contribution in [0.5, 0.6) is 0 Å². The molecule has 0 aliphatic carbocycles. The second-order valence-corrected chi connectivity index (χ2v) is 7.34. The lowest BCUT2D eigenvalue weighted by molar-refractivity contribution is 0.0614. The van der Waals surface area contributed by atoms with Gasteiger partial charge in [-0.15, -0.1) is 0 Å². The largest absolute Gasteiger partial charge is 0.336 e. The monoisotopic (exact) mass is 340 g/mol. The summed E-state index contributed by atoms with van der Waals surface area (Å²) in [5.41, 5.74) is 1.16. The molecule has 0 aromatic heterocycles. The molecule has 0 saturated carbocycles. The van der Waals surface area contributed by atoms with E-state index in [1.165, 1.54) is 12.8 Å². The number of carbonyl (C=O) groups is 1. The van der Waals surface area contributed by atoms with Gasteiger partial charge in [-0.2, -0.15) is 5.26 Å². The molecular weight excluding hydrogens is 312 g/mol. The summed E-state index contributed by atoms with van der Waals surface area (Å²) in [5.74, 6) is 0.0403. The van der Waals surface area contributed by atoms with Crippen molar-refractivity contribution in [3.63, 3.8) is 0 Å². The molecule has 5 heteroatoms. The summed E-state index contributed by atoms with van der Waals surface area (Å²) in [5, 5.41) is 8.99. The molecule has 0 spiro atoms. The molecule has 1 aromatic rings. The minimum Gasteiger partial charge on any atom is -0.336 e. The number of nitrogens with zero attached hydrogens (tertiary/aromatic N) is 4. The Bertz CT molecular complexity index is 635. The van der Waals surface area contributed by atoms with Crippen molar-refractivity contribution in [1.82, 2.24) is 14.7 Å². The Morgan fingerprint density at radius 3 is 2.44 bits per heavy atom. The fourth-order valence-corrected chi connectivity index (χ4v) is 4.03. The van der Waals surface area contributed by atoms with Crippen molar-refractivity contribution >= 4 is 5.91 Å². The van der Waals surface area contributed by atoms with Gasteiger partial charge >= 0.3 is 0 Å². The predicted octanol–water partition coefficient (Wildman–Crippen LogP) is 2.19. The number of benzene rings is 1. The zero-order valence-electron chi connectivity index (χ0n) is 15.3. The van der Waals surface area contributed by atoms with Gasteiger partial charge in [-0.25, -0.2) is 0 Å². The molecule has 0 bridgehead atoms. The zero-order valence-corrected chi connectivity index (χ0v) is 15.3. The van der Waals surface area contributed by atoms with E-state index in [-0.39, 0.29) is 5.91 Å². The number of nitriles is 1. The topological polar surface area (TPSA) is 50.6 Å². The Hall–Kier alpha value is -1.90. The van der Waals surface area contributed by atoms with Gasteiger partial charge in [0.1, 0.15) is 0 Å². The zero-order chi connectivity index (χ0) is 17.8. The van der Waals surface area contributed by atoms with Crippen molar-refractivity contribution in [2.24, 2.45) is 0 Å². The average Bonchev–Trinajstić information content (AvgIpc) is 2.97. The van der Waals surface area contributed by atoms with Gasteiger partial charge in [0.2, 0.25) is 0 Å². The van der Waals surface area contributed by atoms with Gasteiger partial charge in [0, 0.05) is 56.9 Å². The number of hydrogen-bond acceptors (Lipinski definition) is 4. The number of piperazine rings is 1. The lowest BCUT2D eigenvalue weighted by Crippen LogP contribution is -2.50. The maximum absolute atomic E-state index is 12.6. The van der Waals surface area contributed by atoms with E-state index in [1.807, 2.05) is 4.90 Å².